The molecule has 0 aliphatic rings. The third kappa shape index (κ3) is 4.80. The van der Waals surface area contributed by atoms with Crippen molar-refractivity contribution in [1.29, 1.82) is 0 Å². The van der Waals surface area contributed by atoms with Crippen LogP contribution in [0, 0.1) is 5.21 Å². The van der Waals surface area contributed by atoms with Gasteiger partial charge in [-0.3, -0.25) is 0 Å². The molecule has 8 heavy (non-hydrogen) atoms. The normalized spacial score (nSPS) is 13.9. The minimum atomic E-state index is 0.382. The van der Waals surface area contributed by atoms with Crippen molar-refractivity contribution in [2.45, 2.75) is 19.8 Å². The zero-order valence-corrected chi connectivity index (χ0v) is 7.27. The van der Waals surface area contributed by atoms with Crippen LogP contribution in [0.1, 0.15) is 19.8 Å². The summed E-state index contributed by atoms with van der Waals surface area (Å²) in [5.74, 6) is 0. The van der Waals surface area contributed by atoms with Crippen LogP contribution in [0.3, 0.4) is 0 Å². The van der Waals surface area contributed by atoms with E-state index < -0.39 is 0 Å². The predicted molar refractivity (Wildman–Crippen MR) is 43.0 cm³/mol. The van der Waals surface area contributed by atoms with E-state index in [1.807, 2.05) is 0 Å². The van der Waals surface area contributed by atoms with Crippen molar-refractivity contribution in [2.24, 2.45) is 0 Å². The zero-order valence-electron chi connectivity index (χ0n) is 5.11. The van der Waals surface area contributed by atoms with Gasteiger partial charge in [0.25, 0.3) is 0 Å². The largest absolute Gasteiger partial charge is 0.634 e. The van der Waals surface area contributed by atoms with Crippen molar-refractivity contribution in [1.82, 2.24) is 0 Å². The molecule has 0 rings (SSSR count). The highest BCUT2D eigenvalue weighted by Gasteiger charge is 1.89. The molecule has 0 aliphatic carbocycles. The van der Waals surface area contributed by atoms with E-state index in [-0.39, 0.29) is 0 Å². The van der Waals surface area contributed by atoms with Gasteiger partial charge >= 0.3 is 0 Å². The van der Waals surface area contributed by atoms with E-state index in [9.17, 15) is 5.21 Å². The third-order valence-electron chi connectivity index (χ3n) is 0.958. The summed E-state index contributed by atoms with van der Waals surface area (Å²) < 4.78 is 0.678. The van der Waals surface area contributed by atoms with Crippen LogP contribution in [0.2, 0.25) is 0 Å². The molecule has 0 radical (unpaired) electrons. The predicted octanol–water partition coefficient (Wildman–Crippen LogP) is 0.562. The lowest BCUT2D eigenvalue weighted by molar-refractivity contribution is -0.830. The van der Waals surface area contributed by atoms with Crippen LogP contribution >= 0.6 is 22.6 Å². The summed E-state index contributed by atoms with van der Waals surface area (Å²) in [7, 11) is 0. The highest BCUT2D eigenvalue weighted by molar-refractivity contribution is 14.1. The molecule has 3 heteroatoms. The molecule has 1 unspecified atom stereocenters. The minimum absolute atomic E-state index is 0.382. The van der Waals surface area contributed by atoms with Gasteiger partial charge in [0.05, 0.1) is 6.54 Å². The van der Waals surface area contributed by atoms with E-state index in [0.29, 0.717) is 9.61 Å². The van der Waals surface area contributed by atoms with Gasteiger partial charge in [-0.25, -0.2) is 0 Å². The summed E-state index contributed by atoms with van der Waals surface area (Å²) in [5, 5.41) is 10.9. The number of alkyl halides is 1. The number of unbranched alkanes of at least 4 members (excludes halogenated alkanes) is 1. The zero-order chi connectivity index (χ0) is 6.41. The summed E-state index contributed by atoms with van der Waals surface area (Å²) in [6.45, 7) is 2.87. The molecule has 0 fully saturated rings. The first kappa shape index (κ1) is 8.65. The van der Waals surface area contributed by atoms with Crippen LogP contribution in [0.15, 0.2) is 0 Å². The van der Waals surface area contributed by atoms with Crippen LogP contribution < -0.4 is 5.06 Å². The van der Waals surface area contributed by atoms with Gasteiger partial charge in [-0.1, -0.05) is 13.3 Å². The maximum absolute atomic E-state index is 10.6. The maximum atomic E-state index is 10.6. The summed E-state index contributed by atoms with van der Waals surface area (Å²) in [5.41, 5.74) is 0. The lowest BCUT2D eigenvalue weighted by atomic mass is 10.3. The summed E-state index contributed by atoms with van der Waals surface area (Å²) in [6, 6.07) is 0. The fraction of sp³-hybridized carbons (Fsp3) is 1.00. The first-order chi connectivity index (χ1) is 3.81. The number of hydrogen-bond acceptors (Lipinski definition) is 1. The highest BCUT2D eigenvalue weighted by Crippen LogP contribution is 1.79. The van der Waals surface area contributed by atoms with E-state index in [2.05, 4.69) is 29.5 Å². The Kier molecular flexibility index (Phi) is 6.25. The van der Waals surface area contributed by atoms with Gasteiger partial charge in [0.15, 0.2) is 0 Å². The Morgan fingerprint density at radius 3 is 2.62 bits per heavy atom. The number of rotatable bonds is 4. The molecule has 0 saturated carbocycles. The second-order valence-corrected chi connectivity index (χ2v) is 2.54. The molecule has 0 aromatic rings. The Morgan fingerprint density at radius 1 is 1.62 bits per heavy atom. The standard InChI is InChI=1S/C5H12INO/c1-2-3-4-7(8)5-6/h7H,2-5H2,1H3. The maximum Gasteiger partial charge on any atom is 0.127 e. The Balaban J connectivity index is 2.86. The second-order valence-electron chi connectivity index (χ2n) is 1.78. The molecule has 0 amide bonds. The average molecular weight is 229 g/mol. The van der Waals surface area contributed by atoms with Crippen LogP contribution in [0.4, 0.5) is 0 Å². The van der Waals surface area contributed by atoms with Crippen molar-refractivity contribution in [2.75, 3.05) is 11.1 Å². The number of halogens is 1. The lowest BCUT2D eigenvalue weighted by Crippen LogP contribution is -3.06. The number of nitrogens with one attached hydrogen (secondary N) is 1. The van der Waals surface area contributed by atoms with Crippen LogP contribution in [0.5, 0.6) is 0 Å². The quantitative estimate of drug-likeness (QED) is 0.324. The van der Waals surface area contributed by atoms with Crippen molar-refractivity contribution < 1.29 is 5.06 Å². The van der Waals surface area contributed by atoms with E-state index in [1.165, 1.54) is 0 Å². The first-order valence-corrected chi connectivity index (χ1v) is 4.41. The fourth-order valence-corrected chi connectivity index (χ4v) is 0.822. The molecule has 1 atom stereocenters. The molecule has 0 spiro atoms. The SMILES string of the molecule is CCCC[NH+]([O-])CI. The Bertz CT molecular complexity index is 51.7. The molecule has 0 bridgehead atoms. The van der Waals surface area contributed by atoms with Crippen molar-refractivity contribution >= 4 is 22.6 Å². The Hall–Kier alpha value is 0.650. The Labute approximate surface area is 64.0 Å². The number of quaternary nitrogens is 1. The monoisotopic (exact) mass is 229 g/mol. The molecule has 50 valence electrons. The fourth-order valence-electron chi connectivity index (χ4n) is 0.441. The van der Waals surface area contributed by atoms with Crippen molar-refractivity contribution in [3.05, 3.63) is 5.21 Å². The molecule has 0 aliphatic heterocycles. The minimum Gasteiger partial charge on any atom is -0.634 e. The van der Waals surface area contributed by atoms with Crippen LogP contribution in [-0.2, 0) is 0 Å². The van der Waals surface area contributed by atoms with Crippen molar-refractivity contribution in [3.8, 4) is 0 Å². The number of hydroxylamine groups is 2. The van der Waals surface area contributed by atoms with Gasteiger partial charge in [0.1, 0.15) is 4.55 Å². The average Bonchev–Trinajstić information content (AvgIpc) is 1.83. The van der Waals surface area contributed by atoms with Gasteiger partial charge in [-0.05, 0) is 29.0 Å². The first-order valence-electron chi connectivity index (χ1n) is 2.89. The van der Waals surface area contributed by atoms with Crippen LogP contribution in [-0.4, -0.2) is 11.1 Å². The molecule has 1 N–H and O–H groups in total. The van der Waals surface area contributed by atoms with E-state index in [1.54, 1.807) is 0 Å². The van der Waals surface area contributed by atoms with Crippen molar-refractivity contribution in [3.63, 3.8) is 0 Å². The van der Waals surface area contributed by atoms with Gasteiger partial charge in [0.2, 0.25) is 0 Å². The van der Waals surface area contributed by atoms with E-state index >= 15 is 0 Å². The summed E-state index contributed by atoms with van der Waals surface area (Å²) in [6.07, 6.45) is 2.18. The highest BCUT2D eigenvalue weighted by atomic mass is 127. The molecule has 0 aromatic heterocycles. The van der Waals surface area contributed by atoms with E-state index in [4.69, 9.17) is 0 Å². The second kappa shape index (κ2) is 5.78. The van der Waals surface area contributed by atoms with Gasteiger partial charge in [-0.15, -0.1) is 0 Å². The smallest absolute Gasteiger partial charge is 0.127 e. The lowest BCUT2D eigenvalue weighted by Gasteiger charge is -2.18. The van der Waals surface area contributed by atoms with Gasteiger partial charge in [0, 0.05) is 0 Å². The summed E-state index contributed by atoms with van der Waals surface area (Å²) in [4.78, 5) is 0. The van der Waals surface area contributed by atoms with Crippen LogP contribution in [0.25, 0.3) is 0 Å². The molecular weight excluding hydrogens is 217 g/mol. The third-order valence-corrected chi connectivity index (χ3v) is 1.81. The van der Waals surface area contributed by atoms with Gasteiger partial charge < -0.3 is 10.3 Å². The molecule has 0 saturated heterocycles. The van der Waals surface area contributed by atoms with E-state index in [0.717, 1.165) is 19.4 Å². The Morgan fingerprint density at radius 2 is 2.25 bits per heavy atom. The molecule has 0 heterocycles. The number of hydrogen-bond donors (Lipinski definition) is 1. The molecule has 2 nitrogen and oxygen atoms in total. The molecule has 0 aromatic carbocycles. The topological polar surface area (TPSA) is 27.5 Å². The van der Waals surface area contributed by atoms with Gasteiger partial charge in [-0.2, -0.15) is 0 Å². The molecular formula is C5H12INO. The summed E-state index contributed by atoms with van der Waals surface area (Å²) >= 11 is 2.10.